The van der Waals surface area contributed by atoms with Gasteiger partial charge in [-0.3, -0.25) is 0 Å². The number of nitrogens with zero attached hydrogens (tertiary/aromatic N) is 5. The van der Waals surface area contributed by atoms with E-state index in [9.17, 15) is 0 Å². The molecule has 0 fully saturated rings. The van der Waals surface area contributed by atoms with E-state index in [0.717, 1.165) is 38.8 Å². The molecule has 0 amide bonds. The Morgan fingerprint density at radius 2 is 0.788 bits per heavy atom. The molecule has 5 heteroatoms. The van der Waals surface area contributed by atoms with Crippen LogP contribution in [-0.4, -0.2) is 24.1 Å². The Bertz CT molecular complexity index is 4290. The average Bonchev–Trinajstić information content (AvgIpc) is 3.91. The Labute approximate surface area is 379 Å². The molecule has 0 saturated carbocycles. The topological polar surface area (TPSA) is 48.5 Å². The van der Waals surface area contributed by atoms with E-state index in [-0.39, 0.29) is 0 Å². The summed E-state index contributed by atoms with van der Waals surface area (Å²) >= 11 is 0. The van der Waals surface area contributed by atoms with E-state index in [0.29, 0.717) is 17.5 Å². The zero-order valence-electron chi connectivity index (χ0n) is 35.6. The molecule has 11 aromatic carbocycles. The van der Waals surface area contributed by atoms with Crippen LogP contribution in [0, 0.1) is 0 Å². The van der Waals surface area contributed by atoms with Crippen LogP contribution in [0.3, 0.4) is 0 Å². The van der Waals surface area contributed by atoms with Crippen molar-refractivity contribution in [3.8, 4) is 45.5 Å². The average molecular weight is 840 g/mol. The normalized spacial score (nSPS) is 11.9. The second-order valence-corrected chi connectivity index (χ2v) is 17.2. The van der Waals surface area contributed by atoms with Gasteiger partial charge in [-0.2, -0.15) is 0 Å². The van der Waals surface area contributed by atoms with Crippen LogP contribution in [0.15, 0.2) is 224 Å². The second-order valence-electron chi connectivity index (χ2n) is 17.2. The molecule has 3 heterocycles. The van der Waals surface area contributed by atoms with Crippen molar-refractivity contribution in [1.29, 1.82) is 0 Å². The first kappa shape index (κ1) is 36.5. The molecule has 0 N–H and O–H groups in total. The van der Waals surface area contributed by atoms with E-state index in [4.69, 9.17) is 15.0 Å². The van der Waals surface area contributed by atoms with E-state index in [1.54, 1.807) is 0 Å². The molecule has 0 atom stereocenters. The van der Waals surface area contributed by atoms with Crippen LogP contribution in [0.25, 0.3) is 132 Å². The highest BCUT2D eigenvalue weighted by Gasteiger charge is 2.24. The highest BCUT2D eigenvalue weighted by atomic mass is 15.0. The molecule has 0 aliphatic rings. The van der Waals surface area contributed by atoms with Crippen LogP contribution in [-0.2, 0) is 0 Å². The predicted molar refractivity (Wildman–Crippen MR) is 275 cm³/mol. The van der Waals surface area contributed by atoms with Crippen molar-refractivity contribution >= 4 is 86.7 Å². The maximum Gasteiger partial charge on any atom is 0.164 e. The van der Waals surface area contributed by atoms with Gasteiger partial charge in [-0.25, -0.2) is 15.0 Å². The van der Waals surface area contributed by atoms with Gasteiger partial charge >= 0.3 is 0 Å². The Balaban J connectivity index is 1.02. The number of fused-ring (bicyclic) bond motifs is 12. The fourth-order valence-corrected chi connectivity index (χ4v) is 10.5. The molecule has 0 saturated heterocycles. The number of benzene rings is 11. The van der Waals surface area contributed by atoms with Gasteiger partial charge in [0.1, 0.15) is 0 Å². The molecule has 0 unspecified atom stereocenters. The summed E-state index contributed by atoms with van der Waals surface area (Å²) in [6.45, 7) is 0. The number of hydrogen-bond donors (Lipinski definition) is 0. The number of aromatic nitrogens is 5. The molecular formula is C61H37N5. The first-order valence-electron chi connectivity index (χ1n) is 22.4. The summed E-state index contributed by atoms with van der Waals surface area (Å²) in [6, 6.07) is 80.5. The van der Waals surface area contributed by atoms with Crippen molar-refractivity contribution in [3.63, 3.8) is 0 Å². The molecule has 0 radical (unpaired) electrons. The molecule has 14 rings (SSSR count). The molecule has 0 aliphatic carbocycles. The zero-order chi connectivity index (χ0) is 43.3. The molecule has 3 aromatic heterocycles. The van der Waals surface area contributed by atoms with Crippen LogP contribution >= 0.6 is 0 Å². The fraction of sp³-hybridized carbons (Fsp3) is 0. The lowest BCUT2D eigenvalue weighted by molar-refractivity contribution is 1.07. The van der Waals surface area contributed by atoms with Crippen molar-refractivity contribution in [2.24, 2.45) is 0 Å². The molecular weight excluding hydrogens is 803 g/mol. The molecule has 0 spiro atoms. The van der Waals surface area contributed by atoms with Gasteiger partial charge in [0, 0.05) is 54.7 Å². The minimum absolute atomic E-state index is 0.614. The van der Waals surface area contributed by atoms with Crippen LogP contribution in [0.2, 0.25) is 0 Å². The van der Waals surface area contributed by atoms with E-state index < -0.39 is 0 Å². The smallest absolute Gasteiger partial charge is 0.164 e. The summed E-state index contributed by atoms with van der Waals surface area (Å²) in [5, 5.41) is 14.5. The molecule has 14 aromatic rings. The van der Waals surface area contributed by atoms with Crippen LogP contribution in [0.1, 0.15) is 0 Å². The van der Waals surface area contributed by atoms with Gasteiger partial charge in [-0.1, -0.05) is 188 Å². The monoisotopic (exact) mass is 839 g/mol. The minimum Gasteiger partial charge on any atom is -0.309 e. The maximum atomic E-state index is 5.25. The SMILES string of the molecule is c1ccc(-c2nc(-c3cccc(-n4c5ccccc5c5c(-n6c7ccccc7c7ccc8ccccc8c76)c6ccccc6cc54)c3)nc(-c3ccc4c(ccc5ccccc54)c3)n2)cc1. The number of hydrogen-bond acceptors (Lipinski definition) is 3. The maximum absolute atomic E-state index is 5.25. The van der Waals surface area contributed by atoms with Gasteiger partial charge in [0.25, 0.3) is 0 Å². The lowest BCUT2D eigenvalue weighted by atomic mass is 10.00. The molecule has 0 aliphatic heterocycles. The van der Waals surface area contributed by atoms with Crippen LogP contribution < -0.4 is 0 Å². The predicted octanol–water partition coefficient (Wildman–Crippen LogP) is 15.7. The minimum atomic E-state index is 0.614. The third kappa shape index (κ3) is 5.50. The molecule has 66 heavy (non-hydrogen) atoms. The highest BCUT2D eigenvalue weighted by molar-refractivity contribution is 6.24. The Morgan fingerprint density at radius 1 is 0.273 bits per heavy atom. The first-order valence-corrected chi connectivity index (χ1v) is 22.4. The van der Waals surface area contributed by atoms with Crippen molar-refractivity contribution < 1.29 is 0 Å². The van der Waals surface area contributed by atoms with Gasteiger partial charge in [0.2, 0.25) is 0 Å². The Hall–Kier alpha value is -8.93. The van der Waals surface area contributed by atoms with Gasteiger partial charge < -0.3 is 9.13 Å². The van der Waals surface area contributed by atoms with Crippen LogP contribution in [0.5, 0.6) is 0 Å². The van der Waals surface area contributed by atoms with E-state index in [2.05, 4.69) is 215 Å². The second kappa shape index (κ2) is 14.3. The van der Waals surface area contributed by atoms with Gasteiger partial charge in [0.05, 0.1) is 27.8 Å². The standard InChI is InChI=1S/C61H37N5/c1-2-17-40(18-3-1)59-62-60(64-61(63-59)44-32-33-47-42(35-44)30-29-38-15-4-7-22-46(38)47)43-20-14-21-45(36-43)65-54-28-13-11-26-52(54)56-55(65)37-41-19-6-9-24-49(41)58(56)66-53-27-12-10-25-50(53)51-34-31-39-16-5-8-23-48(39)57(51)66/h1-37H. The first-order chi connectivity index (χ1) is 32.7. The van der Waals surface area contributed by atoms with Gasteiger partial charge in [-0.05, 0) is 68.7 Å². The molecule has 5 nitrogen and oxygen atoms in total. The van der Waals surface area contributed by atoms with E-state index in [1.807, 2.05) is 18.2 Å². The van der Waals surface area contributed by atoms with E-state index >= 15 is 0 Å². The summed E-state index contributed by atoms with van der Waals surface area (Å²) < 4.78 is 4.96. The van der Waals surface area contributed by atoms with Crippen LogP contribution in [0.4, 0.5) is 0 Å². The fourth-order valence-electron chi connectivity index (χ4n) is 10.5. The lowest BCUT2D eigenvalue weighted by Gasteiger charge is -2.16. The summed E-state index contributed by atoms with van der Waals surface area (Å²) in [4.78, 5) is 15.6. The van der Waals surface area contributed by atoms with Crippen molar-refractivity contribution in [2.45, 2.75) is 0 Å². The summed E-state index contributed by atoms with van der Waals surface area (Å²) in [5.74, 6) is 1.88. The number of rotatable bonds is 5. The quantitative estimate of drug-likeness (QED) is 0.162. The molecule has 0 bridgehead atoms. The van der Waals surface area contributed by atoms with Gasteiger partial charge in [0.15, 0.2) is 17.5 Å². The van der Waals surface area contributed by atoms with Crippen molar-refractivity contribution in [3.05, 3.63) is 224 Å². The lowest BCUT2D eigenvalue weighted by Crippen LogP contribution is -2.01. The van der Waals surface area contributed by atoms with E-state index in [1.165, 1.54) is 76.0 Å². The van der Waals surface area contributed by atoms with Crippen molar-refractivity contribution in [2.75, 3.05) is 0 Å². The zero-order valence-corrected chi connectivity index (χ0v) is 35.6. The largest absolute Gasteiger partial charge is 0.309 e. The third-order valence-corrected chi connectivity index (χ3v) is 13.5. The van der Waals surface area contributed by atoms with Gasteiger partial charge in [-0.15, -0.1) is 0 Å². The summed E-state index contributed by atoms with van der Waals surface area (Å²) in [6.07, 6.45) is 0. The Morgan fingerprint density at radius 3 is 1.58 bits per heavy atom. The summed E-state index contributed by atoms with van der Waals surface area (Å²) in [7, 11) is 0. The summed E-state index contributed by atoms with van der Waals surface area (Å²) in [5.41, 5.74) is 9.61. The number of para-hydroxylation sites is 2. The molecule has 306 valence electrons. The highest BCUT2D eigenvalue weighted by Crippen LogP contribution is 2.45. The third-order valence-electron chi connectivity index (χ3n) is 13.5. The Kier molecular flexibility index (Phi) is 7.91. The van der Waals surface area contributed by atoms with Crippen molar-refractivity contribution in [1.82, 2.24) is 24.1 Å².